The lowest BCUT2D eigenvalue weighted by atomic mass is 10.2. The van der Waals surface area contributed by atoms with Crippen molar-refractivity contribution in [3.63, 3.8) is 0 Å². The third kappa shape index (κ3) is 3.25. The third-order valence-electron chi connectivity index (χ3n) is 1.53. The SMILES string of the molecule is [CH2][C@@H](N)C(=O)OCc1ccccc1. The van der Waals surface area contributed by atoms with Gasteiger partial charge in [0.15, 0.2) is 0 Å². The first kappa shape index (κ1) is 9.74. The number of hydrogen-bond acceptors (Lipinski definition) is 3. The number of ether oxygens (including phenoxy) is 1. The molecule has 0 amide bonds. The van der Waals surface area contributed by atoms with Gasteiger partial charge in [-0.2, -0.15) is 0 Å². The third-order valence-corrected chi connectivity index (χ3v) is 1.53. The molecule has 1 aromatic rings. The predicted octanol–water partition coefficient (Wildman–Crippen LogP) is 0.891. The Balaban J connectivity index is 2.40. The predicted molar refractivity (Wildman–Crippen MR) is 49.6 cm³/mol. The Morgan fingerprint density at radius 2 is 2.08 bits per heavy atom. The van der Waals surface area contributed by atoms with Crippen LogP contribution in [0.2, 0.25) is 0 Å². The molecule has 0 saturated heterocycles. The standard InChI is InChI=1S/C10H12NO2/c1-8(11)10(12)13-7-9-5-3-2-4-6-9/h2-6,8H,1,7,11H2/t8-/m1/s1. The van der Waals surface area contributed by atoms with E-state index < -0.39 is 12.0 Å². The lowest BCUT2D eigenvalue weighted by Crippen LogP contribution is -2.28. The summed E-state index contributed by atoms with van der Waals surface area (Å²) >= 11 is 0. The number of rotatable bonds is 3. The zero-order chi connectivity index (χ0) is 9.68. The molecule has 0 aromatic heterocycles. The number of nitrogens with two attached hydrogens (primary N) is 1. The molecule has 1 radical (unpaired) electrons. The molecule has 0 bridgehead atoms. The minimum absolute atomic E-state index is 0.253. The van der Waals surface area contributed by atoms with E-state index in [1.54, 1.807) is 0 Å². The van der Waals surface area contributed by atoms with Crippen LogP contribution in [-0.2, 0) is 16.1 Å². The van der Waals surface area contributed by atoms with Gasteiger partial charge in [0.05, 0.1) is 0 Å². The van der Waals surface area contributed by atoms with Crippen molar-refractivity contribution in [3.05, 3.63) is 42.8 Å². The van der Waals surface area contributed by atoms with E-state index in [1.165, 1.54) is 0 Å². The van der Waals surface area contributed by atoms with Crippen molar-refractivity contribution < 1.29 is 9.53 Å². The molecule has 0 aliphatic carbocycles. The molecule has 0 spiro atoms. The molecule has 1 atom stereocenters. The largest absolute Gasteiger partial charge is 0.460 e. The molecule has 13 heavy (non-hydrogen) atoms. The van der Waals surface area contributed by atoms with Crippen molar-refractivity contribution in [1.29, 1.82) is 0 Å². The highest BCUT2D eigenvalue weighted by molar-refractivity contribution is 5.76. The first-order valence-electron chi connectivity index (χ1n) is 3.99. The minimum Gasteiger partial charge on any atom is -0.460 e. The molecule has 1 rings (SSSR count). The smallest absolute Gasteiger partial charge is 0.323 e. The Bertz CT molecular complexity index is 270. The zero-order valence-electron chi connectivity index (χ0n) is 7.27. The highest BCUT2D eigenvalue weighted by Gasteiger charge is 2.07. The molecule has 0 aliphatic heterocycles. The summed E-state index contributed by atoms with van der Waals surface area (Å²) in [5.74, 6) is -0.483. The van der Waals surface area contributed by atoms with Crippen LogP contribution in [0.5, 0.6) is 0 Å². The molecule has 1 aromatic carbocycles. The molecular weight excluding hydrogens is 166 g/mol. The van der Waals surface area contributed by atoms with Crippen LogP contribution in [0, 0.1) is 6.92 Å². The van der Waals surface area contributed by atoms with E-state index >= 15 is 0 Å². The summed E-state index contributed by atoms with van der Waals surface area (Å²) in [5, 5.41) is 0. The van der Waals surface area contributed by atoms with Gasteiger partial charge in [-0.05, 0) is 12.5 Å². The van der Waals surface area contributed by atoms with E-state index in [1.807, 2.05) is 30.3 Å². The number of benzene rings is 1. The molecule has 0 saturated carbocycles. The second-order valence-corrected chi connectivity index (χ2v) is 2.70. The number of hydrogen-bond donors (Lipinski definition) is 1. The Hall–Kier alpha value is -1.35. The van der Waals surface area contributed by atoms with Gasteiger partial charge in [-0.3, -0.25) is 4.79 Å². The lowest BCUT2D eigenvalue weighted by molar-refractivity contribution is -0.145. The summed E-state index contributed by atoms with van der Waals surface area (Å²) < 4.78 is 4.86. The van der Waals surface area contributed by atoms with Crippen molar-refractivity contribution in [2.45, 2.75) is 12.6 Å². The Morgan fingerprint density at radius 1 is 1.46 bits per heavy atom. The molecule has 3 heteroatoms. The highest BCUT2D eigenvalue weighted by atomic mass is 16.5. The minimum atomic E-state index is -0.802. The van der Waals surface area contributed by atoms with Gasteiger partial charge in [0.1, 0.15) is 12.6 Å². The van der Waals surface area contributed by atoms with E-state index in [0.29, 0.717) is 0 Å². The number of carbonyl (C=O) groups excluding carboxylic acids is 1. The Morgan fingerprint density at radius 3 is 2.62 bits per heavy atom. The van der Waals surface area contributed by atoms with Crippen molar-refractivity contribution in [3.8, 4) is 0 Å². The number of esters is 1. The van der Waals surface area contributed by atoms with E-state index in [2.05, 4.69) is 6.92 Å². The van der Waals surface area contributed by atoms with E-state index in [0.717, 1.165) is 5.56 Å². The quantitative estimate of drug-likeness (QED) is 0.699. The van der Waals surface area contributed by atoms with Gasteiger partial charge >= 0.3 is 5.97 Å². The Labute approximate surface area is 77.5 Å². The van der Waals surface area contributed by atoms with Gasteiger partial charge in [-0.15, -0.1) is 0 Å². The van der Waals surface area contributed by atoms with Crippen LogP contribution >= 0.6 is 0 Å². The highest BCUT2D eigenvalue weighted by Crippen LogP contribution is 2.00. The van der Waals surface area contributed by atoms with Crippen LogP contribution in [0.25, 0.3) is 0 Å². The van der Waals surface area contributed by atoms with Crippen molar-refractivity contribution in [1.82, 2.24) is 0 Å². The summed E-state index contributed by atoms with van der Waals surface area (Å²) in [4.78, 5) is 10.9. The van der Waals surface area contributed by atoms with Gasteiger partial charge in [0, 0.05) is 0 Å². The second-order valence-electron chi connectivity index (χ2n) is 2.70. The van der Waals surface area contributed by atoms with Gasteiger partial charge in [-0.1, -0.05) is 30.3 Å². The summed E-state index contributed by atoms with van der Waals surface area (Å²) in [6.07, 6.45) is 0. The second kappa shape index (κ2) is 4.62. The van der Waals surface area contributed by atoms with Gasteiger partial charge in [0.25, 0.3) is 0 Å². The fraction of sp³-hybridized carbons (Fsp3) is 0.200. The van der Waals surface area contributed by atoms with Crippen molar-refractivity contribution in [2.24, 2.45) is 5.73 Å². The van der Waals surface area contributed by atoms with Crippen LogP contribution in [0.1, 0.15) is 5.56 Å². The monoisotopic (exact) mass is 178 g/mol. The maximum Gasteiger partial charge on any atom is 0.323 e. The summed E-state index contributed by atoms with van der Waals surface area (Å²) in [6, 6.07) is 8.62. The first-order chi connectivity index (χ1) is 6.20. The van der Waals surface area contributed by atoms with Crippen LogP contribution in [0.3, 0.4) is 0 Å². The van der Waals surface area contributed by atoms with E-state index in [-0.39, 0.29) is 6.61 Å². The zero-order valence-corrected chi connectivity index (χ0v) is 7.27. The number of carbonyl (C=O) groups is 1. The molecule has 0 aliphatic rings. The molecule has 2 N–H and O–H groups in total. The molecule has 0 unspecified atom stereocenters. The average molecular weight is 178 g/mol. The molecule has 0 heterocycles. The molecule has 3 nitrogen and oxygen atoms in total. The molecule has 0 fully saturated rings. The van der Waals surface area contributed by atoms with E-state index in [9.17, 15) is 4.79 Å². The van der Waals surface area contributed by atoms with Gasteiger partial charge < -0.3 is 10.5 Å². The van der Waals surface area contributed by atoms with Crippen LogP contribution < -0.4 is 5.73 Å². The lowest BCUT2D eigenvalue weighted by Gasteiger charge is -2.06. The summed E-state index contributed by atoms with van der Waals surface area (Å²) in [5.41, 5.74) is 6.16. The van der Waals surface area contributed by atoms with Crippen LogP contribution in [0.15, 0.2) is 30.3 Å². The van der Waals surface area contributed by atoms with Crippen LogP contribution in [0.4, 0.5) is 0 Å². The molecule has 69 valence electrons. The average Bonchev–Trinajstić information content (AvgIpc) is 2.15. The van der Waals surface area contributed by atoms with Crippen LogP contribution in [-0.4, -0.2) is 12.0 Å². The van der Waals surface area contributed by atoms with Gasteiger partial charge in [0.2, 0.25) is 0 Å². The normalized spacial score (nSPS) is 12.2. The van der Waals surface area contributed by atoms with Gasteiger partial charge in [-0.25, -0.2) is 0 Å². The Kier molecular flexibility index (Phi) is 3.46. The maximum atomic E-state index is 10.9. The maximum absolute atomic E-state index is 10.9. The fourth-order valence-electron chi connectivity index (χ4n) is 0.836. The summed E-state index contributed by atoms with van der Waals surface area (Å²) in [7, 11) is 0. The van der Waals surface area contributed by atoms with Crippen molar-refractivity contribution >= 4 is 5.97 Å². The first-order valence-corrected chi connectivity index (χ1v) is 3.99. The fourth-order valence-corrected chi connectivity index (χ4v) is 0.836. The molecular formula is C10H12NO2. The van der Waals surface area contributed by atoms with Crippen molar-refractivity contribution in [2.75, 3.05) is 0 Å². The topological polar surface area (TPSA) is 52.3 Å². The van der Waals surface area contributed by atoms with E-state index in [4.69, 9.17) is 10.5 Å². The summed E-state index contributed by atoms with van der Waals surface area (Å²) in [6.45, 7) is 3.61.